The monoisotopic (exact) mass is 308 g/mol. The van der Waals surface area contributed by atoms with E-state index in [-0.39, 0.29) is 5.97 Å². The van der Waals surface area contributed by atoms with Gasteiger partial charge in [0, 0.05) is 42.0 Å². The fourth-order valence-electron chi connectivity index (χ4n) is 3.40. The molecular weight excluding hydrogens is 284 g/mol. The van der Waals surface area contributed by atoms with Crippen molar-refractivity contribution in [1.29, 1.82) is 0 Å². The molecule has 4 nitrogen and oxygen atoms in total. The van der Waals surface area contributed by atoms with Crippen molar-refractivity contribution in [3.05, 3.63) is 21.4 Å². The lowest BCUT2D eigenvalue weighted by Crippen LogP contribution is -2.46. The van der Waals surface area contributed by atoms with Crippen molar-refractivity contribution < 1.29 is 9.53 Å². The van der Waals surface area contributed by atoms with Gasteiger partial charge in [0.15, 0.2) is 0 Å². The molecule has 1 fully saturated rings. The number of piperazine rings is 1. The standard InChI is InChI=1S/C16H24N2O2S/c1-17-6-8-18(9-7-17)14-4-3-5-15-13(14)10-12(21-15)11-16(19)20-2/h10,14H,3-9,11H2,1-2H3. The van der Waals surface area contributed by atoms with E-state index >= 15 is 0 Å². The topological polar surface area (TPSA) is 32.8 Å². The first kappa shape index (κ1) is 15.0. The molecule has 5 heteroatoms. The zero-order valence-electron chi connectivity index (χ0n) is 12.9. The van der Waals surface area contributed by atoms with Crippen molar-refractivity contribution in [1.82, 2.24) is 9.80 Å². The van der Waals surface area contributed by atoms with E-state index in [1.807, 2.05) is 11.3 Å². The Balaban J connectivity index is 1.76. The highest BCUT2D eigenvalue weighted by molar-refractivity contribution is 7.12. The van der Waals surface area contributed by atoms with Gasteiger partial charge in [-0.3, -0.25) is 9.69 Å². The van der Waals surface area contributed by atoms with Crippen LogP contribution in [-0.4, -0.2) is 56.1 Å². The van der Waals surface area contributed by atoms with Crippen LogP contribution in [0.2, 0.25) is 0 Å². The molecule has 2 aliphatic rings. The van der Waals surface area contributed by atoms with E-state index < -0.39 is 0 Å². The number of methoxy groups -OCH3 is 1. The number of thiophene rings is 1. The van der Waals surface area contributed by atoms with Crippen molar-refractivity contribution >= 4 is 17.3 Å². The fraction of sp³-hybridized carbons (Fsp3) is 0.688. The van der Waals surface area contributed by atoms with E-state index in [2.05, 4.69) is 22.9 Å². The molecule has 1 unspecified atom stereocenters. The first-order chi connectivity index (χ1) is 10.2. The second kappa shape index (κ2) is 6.46. The molecule has 0 N–H and O–H groups in total. The van der Waals surface area contributed by atoms with E-state index in [0.717, 1.165) is 31.1 Å². The maximum absolute atomic E-state index is 11.5. The lowest BCUT2D eigenvalue weighted by Gasteiger charge is -2.39. The fourth-order valence-corrected chi connectivity index (χ4v) is 4.66. The summed E-state index contributed by atoms with van der Waals surface area (Å²) < 4.78 is 4.79. The summed E-state index contributed by atoms with van der Waals surface area (Å²) in [5, 5.41) is 0. The molecular formula is C16H24N2O2S. The van der Waals surface area contributed by atoms with Crippen molar-refractivity contribution in [3.63, 3.8) is 0 Å². The Labute approximate surface area is 130 Å². The minimum atomic E-state index is -0.134. The molecule has 1 aromatic rings. The molecule has 1 atom stereocenters. The van der Waals surface area contributed by atoms with Gasteiger partial charge in [-0.15, -0.1) is 11.3 Å². The van der Waals surface area contributed by atoms with Crippen LogP contribution in [0.4, 0.5) is 0 Å². The van der Waals surface area contributed by atoms with E-state index in [0.29, 0.717) is 12.5 Å². The Bertz CT molecular complexity index is 506. The van der Waals surface area contributed by atoms with E-state index in [1.54, 1.807) is 0 Å². The largest absolute Gasteiger partial charge is 0.469 e. The van der Waals surface area contributed by atoms with Gasteiger partial charge in [-0.1, -0.05) is 0 Å². The number of rotatable bonds is 3. The molecule has 1 aliphatic carbocycles. The number of carbonyl (C=O) groups excluding carboxylic acids is 1. The number of nitrogens with zero attached hydrogens (tertiary/aromatic N) is 2. The predicted octanol–water partition coefficient (Wildman–Crippen LogP) is 2.09. The highest BCUT2D eigenvalue weighted by Crippen LogP contribution is 2.39. The van der Waals surface area contributed by atoms with E-state index in [4.69, 9.17) is 4.74 Å². The number of hydrogen-bond donors (Lipinski definition) is 0. The smallest absolute Gasteiger partial charge is 0.310 e. The summed E-state index contributed by atoms with van der Waals surface area (Å²) in [4.78, 5) is 19.2. The Morgan fingerprint density at radius 3 is 2.86 bits per heavy atom. The summed E-state index contributed by atoms with van der Waals surface area (Å²) in [7, 11) is 3.66. The third kappa shape index (κ3) is 3.30. The van der Waals surface area contributed by atoms with Crippen molar-refractivity contribution in [2.75, 3.05) is 40.3 Å². The molecule has 116 valence electrons. The lowest BCUT2D eigenvalue weighted by atomic mass is 9.92. The third-order valence-electron chi connectivity index (χ3n) is 4.66. The molecule has 0 amide bonds. The first-order valence-electron chi connectivity index (χ1n) is 7.78. The van der Waals surface area contributed by atoms with Crippen LogP contribution in [0, 0.1) is 0 Å². The van der Waals surface area contributed by atoms with Gasteiger partial charge in [0.25, 0.3) is 0 Å². The summed E-state index contributed by atoms with van der Waals surface area (Å²) in [6, 6.07) is 2.82. The highest BCUT2D eigenvalue weighted by Gasteiger charge is 2.29. The zero-order valence-corrected chi connectivity index (χ0v) is 13.7. The molecule has 0 spiro atoms. The number of aryl methyl sites for hydroxylation is 1. The first-order valence-corrected chi connectivity index (χ1v) is 8.60. The minimum Gasteiger partial charge on any atom is -0.469 e. The van der Waals surface area contributed by atoms with Gasteiger partial charge in [-0.05, 0) is 37.9 Å². The molecule has 1 aliphatic heterocycles. The SMILES string of the molecule is COC(=O)Cc1cc2c(s1)CCCC2N1CCN(C)CC1. The molecule has 0 bridgehead atoms. The van der Waals surface area contributed by atoms with Crippen LogP contribution in [0.25, 0.3) is 0 Å². The maximum atomic E-state index is 11.5. The number of fused-ring (bicyclic) bond motifs is 1. The molecule has 2 heterocycles. The summed E-state index contributed by atoms with van der Waals surface area (Å²) in [5.41, 5.74) is 1.48. The van der Waals surface area contributed by atoms with Crippen LogP contribution in [0.1, 0.15) is 34.2 Å². The number of hydrogen-bond acceptors (Lipinski definition) is 5. The summed E-state index contributed by atoms with van der Waals surface area (Å²) in [6.45, 7) is 4.63. The maximum Gasteiger partial charge on any atom is 0.310 e. The minimum absolute atomic E-state index is 0.134. The zero-order chi connectivity index (χ0) is 14.8. The van der Waals surface area contributed by atoms with Crippen LogP contribution < -0.4 is 0 Å². The average molecular weight is 308 g/mol. The molecule has 21 heavy (non-hydrogen) atoms. The Kier molecular flexibility index (Phi) is 4.62. The van der Waals surface area contributed by atoms with E-state index in [1.165, 1.54) is 36.8 Å². The summed E-state index contributed by atoms with van der Waals surface area (Å²) >= 11 is 1.81. The van der Waals surface area contributed by atoms with Crippen LogP contribution >= 0.6 is 11.3 Å². The highest BCUT2D eigenvalue weighted by atomic mass is 32.1. The lowest BCUT2D eigenvalue weighted by molar-refractivity contribution is -0.139. The van der Waals surface area contributed by atoms with Crippen molar-refractivity contribution in [2.24, 2.45) is 0 Å². The molecule has 0 aromatic carbocycles. The Morgan fingerprint density at radius 2 is 2.14 bits per heavy atom. The molecule has 1 saturated heterocycles. The second-order valence-electron chi connectivity index (χ2n) is 6.09. The number of carbonyl (C=O) groups is 1. The predicted molar refractivity (Wildman–Crippen MR) is 84.8 cm³/mol. The van der Waals surface area contributed by atoms with Gasteiger partial charge in [0.1, 0.15) is 0 Å². The van der Waals surface area contributed by atoms with Crippen LogP contribution in [-0.2, 0) is 22.4 Å². The normalized spacial score (nSPS) is 23.8. The van der Waals surface area contributed by atoms with Gasteiger partial charge in [-0.2, -0.15) is 0 Å². The second-order valence-corrected chi connectivity index (χ2v) is 7.31. The summed E-state index contributed by atoms with van der Waals surface area (Å²) in [5.74, 6) is -0.134. The summed E-state index contributed by atoms with van der Waals surface area (Å²) in [6.07, 6.45) is 4.11. The number of esters is 1. The number of ether oxygens (including phenoxy) is 1. The van der Waals surface area contributed by atoms with E-state index in [9.17, 15) is 4.79 Å². The van der Waals surface area contributed by atoms with Gasteiger partial charge < -0.3 is 9.64 Å². The van der Waals surface area contributed by atoms with Crippen molar-refractivity contribution in [2.45, 2.75) is 31.7 Å². The van der Waals surface area contributed by atoms with Crippen LogP contribution in [0.5, 0.6) is 0 Å². The van der Waals surface area contributed by atoms with Crippen LogP contribution in [0.3, 0.4) is 0 Å². The van der Waals surface area contributed by atoms with Gasteiger partial charge in [-0.25, -0.2) is 0 Å². The molecule has 0 radical (unpaired) electrons. The molecule has 0 saturated carbocycles. The Morgan fingerprint density at radius 1 is 1.38 bits per heavy atom. The average Bonchev–Trinajstić information content (AvgIpc) is 2.90. The molecule has 3 rings (SSSR count). The Hall–Kier alpha value is -0.910. The quantitative estimate of drug-likeness (QED) is 0.801. The van der Waals surface area contributed by atoms with Gasteiger partial charge >= 0.3 is 5.97 Å². The van der Waals surface area contributed by atoms with Crippen LogP contribution in [0.15, 0.2) is 6.07 Å². The third-order valence-corrected chi connectivity index (χ3v) is 5.87. The molecule has 1 aromatic heterocycles. The number of likely N-dealkylation sites (N-methyl/N-ethyl adjacent to an activating group) is 1. The van der Waals surface area contributed by atoms with Crippen molar-refractivity contribution in [3.8, 4) is 0 Å². The van der Waals surface area contributed by atoms with Gasteiger partial charge in [0.2, 0.25) is 0 Å². The van der Waals surface area contributed by atoms with Gasteiger partial charge in [0.05, 0.1) is 13.5 Å².